The first-order chi connectivity index (χ1) is 6.69. The molecule has 14 heavy (non-hydrogen) atoms. The number of hydrogen-bond acceptors (Lipinski definition) is 2. The average Bonchev–Trinajstić information content (AvgIpc) is 2.21. The lowest BCUT2D eigenvalue weighted by molar-refractivity contribution is 0.102. The summed E-state index contributed by atoms with van der Waals surface area (Å²) >= 11 is 0. The highest BCUT2D eigenvalue weighted by atomic mass is 16.5. The van der Waals surface area contributed by atoms with Gasteiger partial charge in [0.2, 0.25) is 0 Å². The molecule has 0 aliphatic heterocycles. The molecule has 0 aliphatic rings. The van der Waals surface area contributed by atoms with Gasteiger partial charge in [0.25, 0.3) is 5.56 Å². The van der Waals surface area contributed by atoms with Gasteiger partial charge in [0.05, 0.1) is 12.6 Å². The number of rotatable bonds is 4. The quantitative estimate of drug-likeness (QED) is 0.728. The van der Waals surface area contributed by atoms with Gasteiger partial charge in [-0.05, 0) is 19.4 Å². The molecule has 0 amide bonds. The number of aromatic nitrogens is 1. The minimum Gasteiger partial charge on any atom is -0.380 e. The van der Waals surface area contributed by atoms with Crippen LogP contribution in [0.3, 0.4) is 0 Å². The zero-order valence-corrected chi connectivity index (χ0v) is 8.99. The molecule has 0 aromatic carbocycles. The molecule has 1 heterocycles. The van der Waals surface area contributed by atoms with Crippen LogP contribution in [0.4, 0.5) is 0 Å². The van der Waals surface area contributed by atoms with Gasteiger partial charge in [-0.1, -0.05) is 13.0 Å². The molecule has 0 saturated carbocycles. The summed E-state index contributed by atoms with van der Waals surface area (Å²) in [5.74, 6) is 0. The lowest BCUT2D eigenvalue weighted by Crippen LogP contribution is -2.27. The van der Waals surface area contributed by atoms with Crippen LogP contribution in [0.1, 0.15) is 19.4 Å². The van der Waals surface area contributed by atoms with E-state index in [0.717, 1.165) is 12.0 Å². The van der Waals surface area contributed by atoms with E-state index in [4.69, 9.17) is 4.74 Å². The molecular formula is C11H17NO2. The third-order valence-corrected chi connectivity index (χ3v) is 2.34. The standard InChI is InChI=1S/C11H17NO2/c1-4-10-6-5-7-12(11(10)13)8-9(2)14-3/h5-7,9H,4,8H2,1-3H3. The Morgan fingerprint density at radius 2 is 2.29 bits per heavy atom. The summed E-state index contributed by atoms with van der Waals surface area (Å²) in [6.07, 6.45) is 2.65. The summed E-state index contributed by atoms with van der Waals surface area (Å²) in [6.45, 7) is 4.55. The molecule has 1 aromatic rings. The Bertz CT molecular complexity index is 343. The highest BCUT2D eigenvalue weighted by molar-refractivity contribution is 5.09. The van der Waals surface area contributed by atoms with Crippen LogP contribution in [0.5, 0.6) is 0 Å². The van der Waals surface area contributed by atoms with Crippen molar-refractivity contribution in [2.45, 2.75) is 32.9 Å². The molecule has 3 heteroatoms. The van der Waals surface area contributed by atoms with Gasteiger partial charge in [-0.15, -0.1) is 0 Å². The normalized spacial score (nSPS) is 12.8. The zero-order valence-electron chi connectivity index (χ0n) is 8.99. The van der Waals surface area contributed by atoms with Crippen LogP contribution in [-0.2, 0) is 17.7 Å². The van der Waals surface area contributed by atoms with Gasteiger partial charge in [0, 0.05) is 18.9 Å². The first-order valence-electron chi connectivity index (χ1n) is 4.90. The molecule has 1 rings (SSSR count). The summed E-state index contributed by atoms with van der Waals surface area (Å²) in [6, 6.07) is 3.78. The average molecular weight is 195 g/mol. The number of aryl methyl sites for hydroxylation is 1. The van der Waals surface area contributed by atoms with Gasteiger partial charge in [0.15, 0.2) is 0 Å². The molecule has 0 spiro atoms. The highest BCUT2D eigenvalue weighted by Gasteiger charge is 2.04. The molecule has 0 saturated heterocycles. The molecule has 0 fully saturated rings. The van der Waals surface area contributed by atoms with Gasteiger partial charge in [-0.3, -0.25) is 4.79 Å². The Morgan fingerprint density at radius 1 is 1.57 bits per heavy atom. The zero-order chi connectivity index (χ0) is 10.6. The molecule has 1 atom stereocenters. The maximum atomic E-state index is 11.8. The van der Waals surface area contributed by atoms with E-state index in [9.17, 15) is 4.79 Å². The maximum absolute atomic E-state index is 11.8. The molecule has 0 bridgehead atoms. The van der Waals surface area contributed by atoms with Crippen molar-refractivity contribution in [1.29, 1.82) is 0 Å². The summed E-state index contributed by atoms with van der Waals surface area (Å²) in [5.41, 5.74) is 0.953. The van der Waals surface area contributed by atoms with E-state index in [0.29, 0.717) is 6.54 Å². The van der Waals surface area contributed by atoms with Crippen molar-refractivity contribution in [3.8, 4) is 0 Å². The van der Waals surface area contributed by atoms with Crippen LogP contribution in [0.2, 0.25) is 0 Å². The van der Waals surface area contributed by atoms with Crippen LogP contribution in [0.25, 0.3) is 0 Å². The molecule has 0 radical (unpaired) electrons. The smallest absolute Gasteiger partial charge is 0.253 e. The van der Waals surface area contributed by atoms with Crippen molar-refractivity contribution >= 4 is 0 Å². The first kappa shape index (κ1) is 11.0. The third kappa shape index (κ3) is 2.45. The fourth-order valence-electron chi connectivity index (χ4n) is 1.35. The van der Waals surface area contributed by atoms with Crippen LogP contribution in [0, 0.1) is 0 Å². The predicted molar refractivity (Wildman–Crippen MR) is 56.6 cm³/mol. The second-order valence-electron chi connectivity index (χ2n) is 3.39. The number of ether oxygens (including phenoxy) is 1. The molecule has 1 aromatic heterocycles. The Balaban J connectivity index is 2.93. The minimum atomic E-state index is 0.0693. The van der Waals surface area contributed by atoms with Gasteiger partial charge in [-0.25, -0.2) is 0 Å². The van der Waals surface area contributed by atoms with Crippen molar-refractivity contribution < 1.29 is 4.74 Å². The van der Waals surface area contributed by atoms with E-state index in [1.54, 1.807) is 17.9 Å². The lowest BCUT2D eigenvalue weighted by Gasteiger charge is -2.12. The molecular weight excluding hydrogens is 178 g/mol. The second-order valence-corrected chi connectivity index (χ2v) is 3.39. The summed E-state index contributed by atoms with van der Waals surface area (Å²) in [5, 5.41) is 0. The maximum Gasteiger partial charge on any atom is 0.253 e. The first-order valence-corrected chi connectivity index (χ1v) is 4.90. The van der Waals surface area contributed by atoms with E-state index >= 15 is 0 Å². The second kappa shape index (κ2) is 4.96. The van der Waals surface area contributed by atoms with Crippen molar-refractivity contribution in [3.05, 3.63) is 34.2 Å². The van der Waals surface area contributed by atoms with Gasteiger partial charge >= 0.3 is 0 Å². The van der Waals surface area contributed by atoms with Crippen molar-refractivity contribution in [1.82, 2.24) is 4.57 Å². The minimum absolute atomic E-state index is 0.0693. The summed E-state index contributed by atoms with van der Waals surface area (Å²) in [7, 11) is 1.65. The van der Waals surface area contributed by atoms with Crippen LogP contribution >= 0.6 is 0 Å². The number of hydrogen-bond donors (Lipinski definition) is 0. The van der Waals surface area contributed by atoms with Crippen molar-refractivity contribution in [2.24, 2.45) is 0 Å². The number of pyridine rings is 1. The van der Waals surface area contributed by atoms with E-state index in [2.05, 4.69) is 0 Å². The van der Waals surface area contributed by atoms with Crippen LogP contribution in [0.15, 0.2) is 23.1 Å². The third-order valence-electron chi connectivity index (χ3n) is 2.34. The van der Waals surface area contributed by atoms with E-state index in [-0.39, 0.29) is 11.7 Å². The van der Waals surface area contributed by atoms with Gasteiger partial charge < -0.3 is 9.30 Å². The lowest BCUT2D eigenvalue weighted by atomic mass is 10.2. The molecule has 0 aliphatic carbocycles. The summed E-state index contributed by atoms with van der Waals surface area (Å²) < 4.78 is 6.82. The Kier molecular flexibility index (Phi) is 3.89. The van der Waals surface area contributed by atoms with Gasteiger partial charge in [0.1, 0.15) is 0 Å². The Hall–Kier alpha value is -1.09. The van der Waals surface area contributed by atoms with Crippen molar-refractivity contribution in [3.63, 3.8) is 0 Å². The molecule has 0 N–H and O–H groups in total. The molecule has 1 unspecified atom stereocenters. The highest BCUT2D eigenvalue weighted by Crippen LogP contribution is 1.96. The fraction of sp³-hybridized carbons (Fsp3) is 0.545. The number of methoxy groups -OCH3 is 1. The number of nitrogens with zero attached hydrogens (tertiary/aromatic N) is 1. The van der Waals surface area contributed by atoms with Crippen molar-refractivity contribution in [2.75, 3.05) is 7.11 Å². The Labute approximate surface area is 84.3 Å². The SMILES string of the molecule is CCc1cccn(CC(C)OC)c1=O. The van der Waals surface area contributed by atoms with E-state index < -0.39 is 0 Å². The van der Waals surface area contributed by atoms with Gasteiger partial charge in [-0.2, -0.15) is 0 Å². The van der Waals surface area contributed by atoms with E-state index in [1.807, 2.05) is 26.0 Å². The fourth-order valence-corrected chi connectivity index (χ4v) is 1.35. The van der Waals surface area contributed by atoms with Crippen LogP contribution < -0.4 is 5.56 Å². The monoisotopic (exact) mass is 195 g/mol. The van der Waals surface area contributed by atoms with Crippen LogP contribution in [-0.4, -0.2) is 17.8 Å². The molecule has 3 nitrogen and oxygen atoms in total. The molecule has 78 valence electrons. The predicted octanol–water partition coefficient (Wildman–Crippen LogP) is 1.45. The Morgan fingerprint density at radius 3 is 2.86 bits per heavy atom. The topological polar surface area (TPSA) is 31.2 Å². The van der Waals surface area contributed by atoms with E-state index in [1.165, 1.54) is 0 Å². The largest absolute Gasteiger partial charge is 0.380 e. The summed E-state index contributed by atoms with van der Waals surface area (Å²) in [4.78, 5) is 11.8.